The predicted molar refractivity (Wildman–Crippen MR) is 110 cm³/mol. The van der Waals surface area contributed by atoms with Gasteiger partial charge in [0.05, 0.1) is 17.3 Å². The molecular formula is C22H23F3N4O2. The number of hydrogen-bond donors (Lipinski definition) is 1. The zero-order valence-corrected chi connectivity index (χ0v) is 17.5. The van der Waals surface area contributed by atoms with Crippen LogP contribution in [0.2, 0.25) is 0 Å². The van der Waals surface area contributed by atoms with Crippen LogP contribution in [0.25, 0.3) is 22.3 Å². The van der Waals surface area contributed by atoms with Gasteiger partial charge in [0.25, 0.3) is 0 Å². The number of nitrogens with zero attached hydrogens (tertiary/aromatic N) is 4. The highest BCUT2D eigenvalue weighted by molar-refractivity contribution is 5.83. The van der Waals surface area contributed by atoms with E-state index in [1.165, 1.54) is 6.92 Å². The molecule has 3 heterocycles. The van der Waals surface area contributed by atoms with Gasteiger partial charge in [-0.1, -0.05) is 0 Å². The minimum atomic E-state index is -4.54. The molecule has 1 atom stereocenters. The Bertz CT molecular complexity index is 1150. The fraction of sp³-hybridized carbons (Fsp3) is 0.409. The van der Waals surface area contributed by atoms with E-state index >= 15 is 0 Å². The summed E-state index contributed by atoms with van der Waals surface area (Å²) in [6.45, 7) is 6.61. The van der Waals surface area contributed by atoms with Crippen molar-refractivity contribution < 1.29 is 23.1 Å². The second-order valence-corrected chi connectivity index (χ2v) is 7.91. The molecule has 0 saturated carbocycles. The molecule has 1 fully saturated rings. The number of fused-ring (bicyclic) bond motifs is 1. The average molecular weight is 432 g/mol. The van der Waals surface area contributed by atoms with E-state index in [0.29, 0.717) is 37.3 Å². The minimum absolute atomic E-state index is 0.0384. The smallest absolute Gasteiger partial charge is 0.416 e. The van der Waals surface area contributed by atoms with Gasteiger partial charge in [0.1, 0.15) is 5.75 Å². The lowest BCUT2D eigenvalue weighted by Gasteiger charge is -2.32. The Morgan fingerprint density at radius 3 is 2.61 bits per heavy atom. The van der Waals surface area contributed by atoms with E-state index in [4.69, 9.17) is 0 Å². The van der Waals surface area contributed by atoms with Gasteiger partial charge in [0.2, 0.25) is 5.91 Å². The molecule has 1 aliphatic rings. The number of carbonyl (C=O) groups is 1. The molecule has 0 aliphatic carbocycles. The van der Waals surface area contributed by atoms with Crippen LogP contribution in [0.15, 0.2) is 24.3 Å². The van der Waals surface area contributed by atoms with Crippen molar-refractivity contribution in [2.24, 2.45) is 0 Å². The van der Waals surface area contributed by atoms with Crippen molar-refractivity contribution in [1.29, 1.82) is 0 Å². The molecule has 3 aromatic rings. The maximum atomic E-state index is 13.0. The third kappa shape index (κ3) is 3.73. The van der Waals surface area contributed by atoms with Crippen molar-refractivity contribution in [1.82, 2.24) is 19.7 Å². The SMILES string of the molecule is CCN1C[C@H](n2nc3nc(-c4c(C)cc(C(F)(F)F)cc4O)ccc3c2C)CCC1=O. The molecular weight excluding hydrogens is 409 g/mol. The monoisotopic (exact) mass is 432 g/mol. The summed E-state index contributed by atoms with van der Waals surface area (Å²) in [6.07, 6.45) is -3.39. The summed E-state index contributed by atoms with van der Waals surface area (Å²) in [5, 5.41) is 15.8. The lowest BCUT2D eigenvalue weighted by molar-refractivity contribution is -0.137. The van der Waals surface area contributed by atoms with Gasteiger partial charge in [-0.2, -0.15) is 18.3 Å². The fourth-order valence-electron chi connectivity index (χ4n) is 4.27. The summed E-state index contributed by atoms with van der Waals surface area (Å²) in [5.74, 6) is -0.332. The summed E-state index contributed by atoms with van der Waals surface area (Å²) in [4.78, 5) is 18.3. The molecule has 4 rings (SSSR count). The number of benzene rings is 1. The zero-order valence-electron chi connectivity index (χ0n) is 17.5. The van der Waals surface area contributed by atoms with E-state index in [2.05, 4.69) is 10.1 Å². The number of hydrogen-bond acceptors (Lipinski definition) is 4. The molecule has 1 saturated heterocycles. The van der Waals surface area contributed by atoms with E-state index in [1.807, 2.05) is 29.5 Å². The lowest BCUT2D eigenvalue weighted by Crippen LogP contribution is -2.41. The first-order chi connectivity index (χ1) is 14.6. The molecule has 0 spiro atoms. The van der Waals surface area contributed by atoms with Crippen molar-refractivity contribution in [3.05, 3.63) is 41.1 Å². The maximum absolute atomic E-state index is 13.0. The van der Waals surface area contributed by atoms with Gasteiger partial charge in [0.15, 0.2) is 5.65 Å². The number of aromatic hydroxyl groups is 1. The number of aryl methyl sites for hydroxylation is 2. The molecule has 0 bridgehead atoms. The first-order valence-corrected chi connectivity index (χ1v) is 10.1. The highest BCUT2D eigenvalue weighted by atomic mass is 19.4. The molecule has 6 nitrogen and oxygen atoms in total. The Hall–Kier alpha value is -3.10. The number of alkyl halides is 3. The first kappa shape index (κ1) is 21.1. The summed E-state index contributed by atoms with van der Waals surface area (Å²) >= 11 is 0. The number of likely N-dealkylation sites (N-methyl/N-ethyl adjacent to an activating group) is 1. The normalized spacial score (nSPS) is 17.5. The zero-order chi connectivity index (χ0) is 22.5. The van der Waals surface area contributed by atoms with Gasteiger partial charge in [-0.05, 0) is 57.0 Å². The number of phenolic OH excluding ortho intramolecular Hbond substituents is 1. The van der Waals surface area contributed by atoms with Crippen LogP contribution in [-0.2, 0) is 11.0 Å². The van der Waals surface area contributed by atoms with Gasteiger partial charge in [-0.15, -0.1) is 0 Å². The van der Waals surface area contributed by atoms with Crippen LogP contribution in [0.4, 0.5) is 13.2 Å². The quantitative estimate of drug-likeness (QED) is 0.656. The lowest BCUT2D eigenvalue weighted by atomic mass is 10.00. The topological polar surface area (TPSA) is 71.2 Å². The van der Waals surface area contributed by atoms with Crippen LogP contribution >= 0.6 is 0 Å². The highest BCUT2D eigenvalue weighted by Gasteiger charge is 2.32. The number of aromatic nitrogens is 3. The van der Waals surface area contributed by atoms with E-state index in [0.717, 1.165) is 23.2 Å². The van der Waals surface area contributed by atoms with Gasteiger partial charge < -0.3 is 10.0 Å². The highest BCUT2D eigenvalue weighted by Crippen LogP contribution is 2.39. The number of phenols is 1. The van der Waals surface area contributed by atoms with Crippen molar-refractivity contribution in [2.75, 3.05) is 13.1 Å². The number of halogens is 3. The number of likely N-dealkylation sites (tertiary alicyclic amines) is 1. The third-order valence-electron chi connectivity index (χ3n) is 5.91. The molecule has 1 amide bonds. The maximum Gasteiger partial charge on any atom is 0.416 e. The fourth-order valence-corrected chi connectivity index (χ4v) is 4.27. The summed E-state index contributed by atoms with van der Waals surface area (Å²) < 4.78 is 41.0. The van der Waals surface area contributed by atoms with Crippen LogP contribution in [0.3, 0.4) is 0 Å². The second-order valence-electron chi connectivity index (χ2n) is 7.91. The number of rotatable bonds is 3. The molecule has 31 heavy (non-hydrogen) atoms. The van der Waals surface area contributed by atoms with Crippen LogP contribution in [0.5, 0.6) is 5.75 Å². The number of carbonyl (C=O) groups excluding carboxylic acids is 1. The van der Waals surface area contributed by atoms with Gasteiger partial charge in [0, 0.05) is 36.2 Å². The summed E-state index contributed by atoms with van der Waals surface area (Å²) in [5.41, 5.74) is 1.35. The van der Waals surface area contributed by atoms with E-state index in [-0.39, 0.29) is 23.1 Å². The molecule has 1 N–H and O–H groups in total. The molecule has 2 aromatic heterocycles. The van der Waals surface area contributed by atoms with Crippen molar-refractivity contribution in [3.63, 3.8) is 0 Å². The molecule has 9 heteroatoms. The molecule has 1 aliphatic heterocycles. The van der Waals surface area contributed by atoms with E-state index < -0.39 is 17.5 Å². The number of piperidine rings is 1. The molecule has 0 unspecified atom stereocenters. The van der Waals surface area contributed by atoms with Gasteiger partial charge >= 0.3 is 6.18 Å². The van der Waals surface area contributed by atoms with Crippen LogP contribution < -0.4 is 0 Å². The Morgan fingerprint density at radius 1 is 1.23 bits per heavy atom. The number of pyridine rings is 1. The molecule has 0 radical (unpaired) electrons. The predicted octanol–water partition coefficient (Wildman–Crippen LogP) is 4.62. The third-order valence-corrected chi connectivity index (χ3v) is 5.91. The molecule has 1 aromatic carbocycles. The van der Waals surface area contributed by atoms with Crippen LogP contribution in [0, 0.1) is 13.8 Å². The molecule has 164 valence electrons. The Labute approximate surface area is 177 Å². The minimum Gasteiger partial charge on any atom is -0.507 e. The van der Waals surface area contributed by atoms with Crippen molar-refractivity contribution in [2.45, 2.75) is 45.8 Å². The van der Waals surface area contributed by atoms with Crippen molar-refractivity contribution in [3.8, 4) is 17.0 Å². The van der Waals surface area contributed by atoms with Crippen LogP contribution in [0.1, 0.15) is 42.6 Å². The van der Waals surface area contributed by atoms with E-state index in [1.54, 1.807) is 6.07 Å². The summed E-state index contributed by atoms with van der Waals surface area (Å²) in [6, 6.07) is 5.26. The van der Waals surface area contributed by atoms with Gasteiger partial charge in [-0.25, -0.2) is 4.98 Å². The standard InChI is InChI=1S/C22H23F3N4O2/c1-4-28-11-15(5-8-19(28)31)29-13(3)16-6-7-17(26-21(16)27-29)20-12(2)9-14(10-18(20)30)22(23,24)25/h6-7,9-10,15,30H,4-5,8,11H2,1-3H3/t15-/m1/s1. The Morgan fingerprint density at radius 2 is 1.97 bits per heavy atom. The Kier molecular flexibility index (Phi) is 5.15. The largest absolute Gasteiger partial charge is 0.507 e. The Balaban J connectivity index is 1.74. The number of amides is 1. The van der Waals surface area contributed by atoms with E-state index in [9.17, 15) is 23.1 Å². The van der Waals surface area contributed by atoms with Gasteiger partial charge in [-0.3, -0.25) is 9.48 Å². The van der Waals surface area contributed by atoms with Crippen LogP contribution in [-0.4, -0.2) is 43.8 Å². The average Bonchev–Trinajstić information content (AvgIpc) is 3.03. The van der Waals surface area contributed by atoms with Crippen molar-refractivity contribution >= 4 is 16.9 Å². The summed E-state index contributed by atoms with van der Waals surface area (Å²) in [7, 11) is 0. The second kappa shape index (κ2) is 7.55. The first-order valence-electron chi connectivity index (χ1n) is 10.1.